The van der Waals surface area contributed by atoms with E-state index in [1.54, 1.807) is 16.2 Å². The molecule has 1 N–H and O–H groups in total. The largest absolute Gasteiger partial charge is 0.391 e. The Bertz CT molecular complexity index is 366. The summed E-state index contributed by atoms with van der Waals surface area (Å²) >= 11 is 4.95. The van der Waals surface area contributed by atoms with Crippen LogP contribution in [0.25, 0.3) is 0 Å². The maximum absolute atomic E-state index is 11.8. The molecule has 2 rings (SSSR count). The van der Waals surface area contributed by atoms with E-state index in [0.717, 1.165) is 8.66 Å². The highest BCUT2D eigenvalue weighted by Crippen LogP contribution is 2.23. The number of hydrogen-bond acceptors (Lipinski definition) is 3. The number of likely N-dealkylation sites (tertiary alicyclic amines) is 1. The highest BCUT2D eigenvalue weighted by molar-refractivity contribution is 9.11. The first-order chi connectivity index (χ1) is 7.15. The molecule has 1 saturated heterocycles. The Balaban J connectivity index is 1.92. The zero-order valence-electron chi connectivity index (χ0n) is 8.15. The summed E-state index contributed by atoms with van der Waals surface area (Å²) in [6.45, 7) is 1.18. The van der Waals surface area contributed by atoms with Crippen molar-refractivity contribution in [1.82, 2.24) is 4.90 Å². The molecule has 0 radical (unpaired) electrons. The predicted octanol–water partition coefficient (Wildman–Crippen LogP) is 1.65. The van der Waals surface area contributed by atoms with Crippen LogP contribution in [-0.4, -0.2) is 35.1 Å². The second-order valence-electron chi connectivity index (χ2n) is 3.66. The number of carbonyl (C=O) groups is 1. The number of nitrogens with zero attached hydrogens (tertiary/aromatic N) is 1. The topological polar surface area (TPSA) is 40.5 Å². The molecule has 3 nitrogen and oxygen atoms in total. The molecule has 0 bridgehead atoms. The van der Waals surface area contributed by atoms with Gasteiger partial charge in [0.15, 0.2) is 0 Å². The van der Waals surface area contributed by atoms with Gasteiger partial charge in [-0.25, -0.2) is 0 Å². The third-order valence-corrected chi connectivity index (χ3v) is 4.09. The molecule has 1 amide bonds. The number of amides is 1. The minimum atomic E-state index is -0.330. The van der Waals surface area contributed by atoms with Crippen molar-refractivity contribution in [2.45, 2.75) is 18.9 Å². The van der Waals surface area contributed by atoms with Crippen molar-refractivity contribution in [3.8, 4) is 0 Å². The summed E-state index contributed by atoms with van der Waals surface area (Å²) in [5.74, 6) is 0.112. The monoisotopic (exact) mass is 289 g/mol. The van der Waals surface area contributed by atoms with Gasteiger partial charge in [0.1, 0.15) is 0 Å². The van der Waals surface area contributed by atoms with E-state index in [1.807, 2.05) is 12.1 Å². The minimum absolute atomic E-state index is 0.112. The van der Waals surface area contributed by atoms with Gasteiger partial charge in [-0.2, -0.15) is 0 Å². The smallest absolute Gasteiger partial charge is 0.227 e. The zero-order valence-corrected chi connectivity index (χ0v) is 10.6. The average Bonchev–Trinajstić information content (AvgIpc) is 2.75. The highest BCUT2D eigenvalue weighted by Gasteiger charge is 2.24. The standard InChI is InChI=1S/C10H12BrNO2S/c11-9-2-1-8(15-9)5-10(14)12-4-3-7(13)6-12/h1-2,7,13H,3-6H2/t7-/m1/s1. The van der Waals surface area contributed by atoms with E-state index < -0.39 is 0 Å². The van der Waals surface area contributed by atoms with Crippen LogP contribution in [0.5, 0.6) is 0 Å². The number of carbonyl (C=O) groups excluding carboxylic acids is 1. The van der Waals surface area contributed by atoms with Crippen molar-refractivity contribution >= 4 is 33.2 Å². The van der Waals surface area contributed by atoms with Gasteiger partial charge >= 0.3 is 0 Å². The number of hydrogen-bond donors (Lipinski definition) is 1. The molecule has 2 heterocycles. The number of β-amino-alcohol motifs (C(OH)–C–C–N with tert-alkyl or cyclic N) is 1. The summed E-state index contributed by atoms with van der Waals surface area (Å²) in [6.07, 6.45) is 0.826. The fourth-order valence-electron chi connectivity index (χ4n) is 1.68. The lowest BCUT2D eigenvalue weighted by Crippen LogP contribution is -2.30. The van der Waals surface area contributed by atoms with Crippen LogP contribution in [0, 0.1) is 0 Å². The van der Waals surface area contributed by atoms with E-state index in [9.17, 15) is 9.90 Å². The molecule has 1 aliphatic heterocycles. The zero-order chi connectivity index (χ0) is 10.8. The molecule has 0 aliphatic carbocycles. The maximum atomic E-state index is 11.8. The summed E-state index contributed by atoms with van der Waals surface area (Å²) in [5.41, 5.74) is 0. The fourth-order valence-corrected chi connectivity index (χ4v) is 3.15. The number of thiophene rings is 1. The first kappa shape index (κ1) is 11.1. The summed E-state index contributed by atoms with van der Waals surface area (Å²) in [7, 11) is 0. The molecule has 0 saturated carbocycles. The van der Waals surface area contributed by atoms with Crippen molar-refractivity contribution in [3.63, 3.8) is 0 Å². The van der Waals surface area contributed by atoms with E-state index in [4.69, 9.17) is 0 Å². The first-order valence-corrected chi connectivity index (χ1v) is 6.46. The Morgan fingerprint density at radius 2 is 2.47 bits per heavy atom. The van der Waals surface area contributed by atoms with Gasteiger partial charge in [0, 0.05) is 18.0 Å². The van der Waals surface area contributed by atoms with Crippen molar-refractivity contribution in [3.05, 3.63) is 20.8 Å². The minimum Gasteiger partial charge on any atom is -0.391 e. The van der Waals surface area contributed by atoms with Gasteiger partial charge in [-0.3, -0.25) is 4.79 Å². The number of halogens is 1. The van der Waals surface area contributed by atoms with Gasteiger partial charge in [0.25, 0.3) is 0 Å². The predicted molar refractivity (Wildman–Crippen MR) is 62.9 cm³/mol. The van der Waals surface area contributed by atoms with Gasteiger partial charge in [-0.15, -0.1) is 11.3 Å². The van der Waals surface area contributed by atoms with Crippen LogP contribution >= 0.6 is 27.3 Å². The average molecular weight is 290 g/mol. The van der Waals surface area contributed by atoms with Crippen molar-refractivity contribution in [2.24, 2.45) is 0 Å². The van der Waals surface area contributed by atoms with Gasteiger partial charge in [-0.1, -0.05) is 0 Å². The molecule has 1 aromatic heterocycles. The molecular formula is C10H12BrNO2S. The Kier molecular flexibility index (Phi) is 3.43. The summed E-state index contributed by atoms with van der Waals surface area (Å²) in [6, 6.07) is 3.91. The number of rotatable bonds is 2. The summed E-state index contributed by atoms with van der Waals surface area (Å²) in [4.78, 5) is 14.6. The second kappa shape index (κ2) is 4.63. The molecule has 1 aromatic rings. The first-order valence-electron chi connectivity index (χ1n) is 4.85. The Morgan fingerprint density at radius 3 is 3.00 bits per heavy atom. The Labute approximate surface area is 101 Å². The highest BCUT2D eigenvalue weighted by atomic mass is 79.9. The molecule has 82 valence electrons. The molecular weight excluding hydrogens is 278 g/mol. The molecule has 0 aromatic carbocycles. The Morgan fingerprint density at radius 1 is 1.67 bits per heavy atom. The molecule has 0 unspecified atom stereocenters. The van der Waals surface area contributed by atoms with Crippen LogP contribution in [0.4, 0.5) is 0 Å². The fraction of sp³-hybridized carbons (Fsp3) is 0.500. The molecule has 1 aliphatic rings. The van der Waals surface area contributed by atoms with E-state index in [1.165, 1.54) is 0 Å². The van der Waals surface area contributed by atoms with Crippen LogP contribution in [0.2, 0.25) is 0 Å². The molecule has 15 heavy (non-hydrogen) atoms. The molecule has 1 fully saturated rings. The molecule has 5 heteroatoms. The van der Waals surface area contributed by atoms with Crippen LogP contribution < -0.4 is 0 Å². The van der Waals surface area contributed by atoms with E-state index in [2.05, 4.69) is 15.9 Å². The van der Waals surface area contributed by atoms with Crippen LogP contribution in [-0.2, 0) is 11.2 Å². The Hall–Kier alpha value is -0.390. The van der Waals surface area contributed by atoms with Gasteiger partial charge < -0.3 is 10.0 Å². The van der Waals surface area contributed by atoms with Gasteiger partial charge in [0.05, 0.1) is 16.3 Å². The van der Waals surface area contributed by atoms with Crippen molar-refractivity contribution in [2.75, 3.05) is 13.1 Å². The quantitative estimate of drug-likeness (QED) is 0.899. The lowest BCUT2D eigenvalue weighted by Gasteiger charge is -2.14. The number of aliphatic hydroxyl groups excluding tert-OH is 1. The summed E-state index contributed by atoms with van der Waals surface area (Å²) in [5, 5.41) is 9.32. The van der Waals surface area contributed by atoms with Crippen LogP contribution in [0.3, 0.4) is 0 Å². The second-order valence-corrected chi connectivity index (χ2v) is 6.21. The van der Waals surface area contributed by atoms with Crippen molar-refractivity contribution < 1.29 is 9.90 Å². The van der Waals surface area contributed by atoms with Crippen LogP contribution in [0.1, 0.15) is 11.3 Å². The SMILES string of the molecule is O=C(Cc1ccc(Br)s1)N1CC[C@@H](O)C1. The normalized spacial score (nSPS) is 20.9. The lowest BCUT2D eigenvalue weighted by atomic mass is 10.3. The maximum Gasteiger partial charge on any atom is 0.227 e. The number of aliphatic hydroxyl groups is 1. The molecule has 0 spiro atoms. The van der Waals surface area contributed by atoms with E-state index >= 15 is 0 Å². The van der Waals surface area contributed by atoms with E-state index in [0.29, 0.717) is 25.9 Å². The van der Waals surface area contributed by atoms with E-state index in [-0.39, 0.29) is 12.0 Å². The van der Waals surface area contributed by atoms with Gasteiger partial charge in [0.2, 0.25) is 5.91 Å². The summed E-state index contributed by atoms with van der Waals surface area (Å²) < 4.78 is 1.05. The third-order valence-electron chi connectivity index (χ3n) is 2.47. The lowest BCUT2D eigenvalue weighted by molar-refractivity contribution is -0.129. The van der Waals surface area contributed by atoms with Crippen LogP contribution in [0.15, 0.2) is 15.9 Å². The van der Waals surface area contributed by atoms with Gasteiger partial charge in [-0.05, 0) is 34.5 Å². The molecule has 1 atom stereocenters. The van der Waals surface area contributed by atoms with Crippen molar-refractivity contribution in [1.29, 1.82) is 0 Å². The third kappa shape index (κ3) is 2.80.